The van der Waals surface area contributed by atoms with Crippen LogP contribution < -0.4 is 5.32 Å². The maximum atomic E-state index is 13.1. The number of benzene rings is 2. The average molecular weight is 323 g/mol. The predicted molar refractivity (Wildman–Crippen MR) is 81.3 cm³/mol. The van der Waals surface area contributed by atoms with E-state index < -0.39 is 5.97 Å². The molecule has 0 fully saturated rings. The van der Waals surface area contributed by atoms with E-state index in [1.54, 1.807) is 12.1 Å². The highest BCUT2D eigenvalue weighted by Crippen LogP contribution is 2.30. The normalized spacial score (nSPS) is 10.8. The fourth-order valence-corrected chi connectivity index (χ4v) is 2.95. The molecule has 0 saturated heterocycles. The van der Waals surface area contributed by atoms with Gasteiger partial charge in [0.05, 0.1) is 20.8 Å². The number of carbonyl (C=O) groups is 1. The lowest BCUT2D eigenvalue weighted by Crippen LogP contribution is -1.99. The number of carboxylic acid groups (broad SMARTS) is 1. The third kappa shape index (κ3) is 2.81. The predicted octanol–water partition coefficient (Wildman–Crippen LogP) is 4.53. The summed E-state index contributed by atoms with van der Waals surface area (Å²) in [5.74, 6) is -1.42. The van der Waals surface area contributed by atoms with E-state index in [2.05, 4.69) is 10.3 Å². The number of nitrogens with zero attached hydrogens (tertiary/aromatic N) is 1. The van der Waals surface area contributed by atoms with Gasteiger partial charge in [0.1, 0.15) is 5.82 Å². The van der Waals surface area contributed by atoms with E-state index in [0.717, 1.165) is 0 Å². The number of thiazole rings is 1. The van der Waals surface area contributed by atoms with E-state index in [1.807, 2.05) is 0 Å². The van der Waals surface area contributed by atoms with E-state index in [9.17, 15) is 9.18 Å². The van der Waals surface area contributed by atoms with E-state index in [0.29, 0.717) is 21.0 Å². The number of halogens is 2. The fourth-order valence-electron chi connectivity index (χ4n) is 1.84. The SMILES string of the molecule is O=C(O)c1cc(Nc2nc3ccc(F)cc3s2)ccc1Cl. The molecule has 3 aromatic rings. The quantitative estimate of drug-likeness (QED) is 0.743. The maximum Gasteiger partial charge on any atom is 0.337 e. The van der Waals surface area contributed by atoms with Crippen LogP contribution in [0, 0.1) is 5.82 Å². The summed E-state index contributed by atoms with van der Waals surface area (Å²) in [6.07, 6.45) is 0. The summed E-state index contributed by atoms with van der Waals surface area (Å²) in [4.78, 5) is 15.3. The van der Waals surface area contributed by atoms with Gasteiger partial charge in [-0.05, 0) is 36.4 Å². The van der Waals surface area contributed by atoms with Crippen LogP contribution in [0.3, 0.4) is 0 Å². The summed E-state index contributed by atoms with van der Waals surface area (Å²) in [5, 5.41) is 12.7. The van der Waals surface area contributed by atoms with Crippen LogP contribution in [0.2, 0.25) is 5.02 Å². The van der Waals surface area contributed by atoms with Crippen molar-refractivity contribution in [3.05, 3.63) is 52.8 Å². The van der Waals surface area contributed by atoms with Crippen LogP contribution in [0.25, 0.3) is 10.2 Å². The molecule has 0 saturated carbocycles. The van der Waals surface area contributed by atoms with Gasteiger partial charge in [-0.15, -0.1) is 0 Å². The minimum atomic E-state index is -1.10. The number of aromatic nitrogens is 1. The van der Waals surface area contributed by atoms with Gasteiger partial charge in [-0.1, -0.05) is 22.9 Å². The number of aromatic carboxylic acids is 1. The van der Waals surface area contributed by atoms with Crippen molar-refractivity contribution in [2.75, 3.05) is 5.32 Å². The largest absolute Gasteiger partial charge is 0.478 e. The highest BCUT2D eigenvalue weighted by atomic mass is 35.5. The third-order valence-corrected chi connectivity index (χ3v) is 4.06. The number of anilines is 2. The van der Waals surface area contributed by atoms with Crippen molar-refractivity contribution in [2.45, 2.75) is 0 Å². The van der Waals surface area contributed by atoms with Crippen LogP contribution in [0.4, 0.5) is 15.2 Å². The Morgan fingerprint density at radius 3 is 2.86 bits per heavy atom. The molecule has 3 rings (SSSR count). The van der Waals surface area contributed by atoms with Crippen LogP contribution in [-0.4, -0.2) is 16.1 Å². The minimum Gasteiger partial charge on any atom is -0.478 e. The second-order valence-electron chi connectivity index (χ2n) is 4.26. The molecule has 106 valence electrons. The molecule has 4 nitrogen and oxygen atoms in total. The number of nitrogens with one attached hydrogen (secondary N) is 1. The van der Waals surface area contributed by atoms with Crippen LogP contribution >= 0.6 is 22.9 Å². The monoisotopic (exact) mass is 322 g/mol. The van der Waals surface area contributed by atoms with Gasteiger partial charge < -0.3 is 10.4 Å². The molecule has 7 heteroatoms. The Morgan fingerprint density at radius 2 is 2.10 bits per heavy atom. The van der Waals surface area contributed by atoms with E-state index in [1.165, 1.54) is 35.6 Å². The highest BCUT2D eigenvalue weighted by molar-refractivity contribution is 7.22. The zero-order valence-electron chi connectivity index (χ0n) is 10.4. The van der Waals surface area contributed by atoms with Crippen LogP contribution in [0.1, 0.15) is 10.4 Å². The summed E-state index contributed by atoms with van der Waals surface area (Å²) in [6, 6.07) is 8.93. The maximum absolute atomic E-state index is 13.1. The topological polar surface area (TPSA) is 62.2 Å². The Labute approximate surface area is 127 Å². The highest BCUT2D eigenvalue weighted by Gasteiger charge is 2.11. The second kappa shape index (κ2) is 5.31. The number of fused-ring (bicyclic) bond motifs is 1. The molecule has 0 aliphatic heterocycles. The van der Waals surface area contributed by atoms with E-state index >= 15 is 0 Å². The Balaban J connectivity index is 1.94. The standard InChI is InChI=1S/C14H8ClFN2O2S/c15-10-3-2-8(6-9(10)13(19)20)17-14-18-11-4-1-7(16)5-12(11)21-14/h1-6H,(H,17,18)(H,19,20). The van der Waals surface area contributed by atoms with Crippen LogP contribution in [0.5, 0.6) is 0 Å². The van der Waals surface area contributed by atoms with E-state index in [-0.39, 0.29) is 16.4 Å². The first-order valence-corrected chi connectivity index (χ1v) is 7.08. The van der Waals surface area contributed by atoms with Gasteiger partial charge in [-0.25, -0.2) is 14.2 Å². The molecule has 21 heavy (non-hydrogen) atoms. The van der Waals surface area contributed by atoms with Crippen molar-refractivity contribution in [3.8, 4) is 0 Å². The van der Waals surface area contributed by atoms with Crippen LogP contribution in [-0.2, 0) is 0 Å². The zero-order valence-corrected chi connectivity index (χ0v) is 12.0. The Morgan fingerprint density at radius 1 is 1.29 bits per heavy atom. The molecule has 0 atom stereocenters. The molecule has 0 spiro atoms. The zero-order chi connectivity index (χ0) is 15.0. The molecule has 1 heterocycles. The first-order valence-electron chi connectivity index (χ1n) is 5.89. The number of rotatable bonds is 3. The Kier molecular flexibility index (Phi) is 3.48. The van der Waals surface area contributed by atoms with Crippen molar-refractivity contribution in [3.63, 3.8) is 0 Å². The van der Waals surface area contributed by atoms with Gasteiger partial charge >= 0.3 is 5.97 Å². The van der Waals surface area contributed by atoms with Crippen molar-refractivity contribution in [1.29, 1.82) is 0 Å². The molecule has 0 amide bonds. The summed E-state index contributed by atoms with van der Waals surface area (Å²) in [6.45, 7) is 0. The molecule has 2 N–H and O–H groups in total. The lowest BCUT2D eigenvalue weighted by atomic mass is 10.2. The van der Waals surface area contributed by atoms with Gasteiger partial charge in [-0.3, -0.25) is 0 Å². The molecule has 0 aliphatic rings. The summed E-state index contributed by atoms with van der Waals surface area (Å²) < 4.78 is 13.9. The smallest absolute Gasteiger partial charge is 0.337 e. The summed E-state index contributed by atoms with van der Waals surface area (Å²) in [5.41, 5.74) is 1.24. The van der Waals surface area contributed by atoms with Gasteiger partial charge in [0.15, 0.2) is 5.13 Å². The van der Waals surface area contributed by atoms with Crippen molar-refractivity contribution < 1.29 is 14.3 Å². The molecule has 0 bridgehead atoms. The second-order valence-corrected chi connectivity index (χ2v) is 5.69. The average Bonchev–Trinajstić information content (AvgIpc) is 2.82. The first kappa shape index (κ1) is 13.8. The molecule has 1 aromatic heterocycles. The van der Waals surface area contributed by atoms with Crippen LogP contribution in [0.15, 0.2) is 36.4 Å². The Hall–Kier alpha value is -2.18. The first-order chi connectivity index (χ1) is 10.0. The molecule has 0 unspecified atom stereocenters. The third-order valence-electron chi connectivity index (χ3n) is 2.80. The molecular formula is C14H8ClFN2O2S. The number of hydrogen-bond donors (Lipinski definition) is 2. The fraction of sp³-hybridized carbons (Fsp3) is 0. The molecular weight excluding hydrogens is 315 g/mol. The van der Waals surface area contributed by atoms with Gasteiger partial charge in [0, 0.05) is 5.69 Å². The summed E-state index contributed by atoms with van der Waals surface area (Å²) >= 11 is 7.09. The number of hydrogen-bond acceptors (Lipinski definition) is 4. The molecule has 2 aromatic carbocycles. The minimum absolute atomic E-state index is 0.00817. The van der Waals surface area contributed by atoms with Gasteiger partial charge in [0.25, 0.3) is 0 Å². The molecule has 0 radical (unpaired) electrons. The lowest BCUT2D eigenvalue weighted by Gasteiger charge is -2.05. The van der Waals surface area contributed by atoms with Gasteiger partial charge in [-0.2, -0.15) is 0 Å². The Bertz CT molecular complexity index is 850. The van der Waals surface area contributed by atoms with Crippen molar-refractivity contribution in [2.24, 2.45) is 0 Å². The lowest BCUT2D eigenvalue weighted by molar-refractivity contribution is 0.0697. The van der Waals surface area contributed by atoms with Crippen molar-refractivity contribution in [1.82, 2.24) is 4.98 Å². The van der Waals surface area contributed by atoms with E-state index in [4.69, 9.17) is 16.7 Å². The number of carboxylic acids is 1. The van der Waals surface area contributed by atoms with Gasteiger partial charge in [0.2, 0.25) is 0 Å². The summed E-state index contributed by atoms with van der Waals surface area (Å²) in [7, 11) is 0. The molecule has 0 aliphatic carbocycles. The van der Waals surface area contributed by atoms with Crippen molar-refractivity contribution >= 4 is 49.9 Å².